The van der Waals surface area contributed by atoms with Gasteiger partial charge in [-0.25, -0.2) is 17.5 Å². The third-order valence-electron chi connectivity index (χ3n) is 3.18. The molecular weight excluding hydrogens is 343 g/mol. The zero-order valence-electron chi connectivity index (χ0n) is 12.4. The number of nitrogens with one attached hydrogen (secondary N) is 2. The van der Waals surface area contributed by atoms with Gasteiger partial charge in [0.15, 0.2) is 0 Å². The van der Waals surface area contributed by atoms with E-state index in [2.05, 4.69) is 10.0 Å². The van der Waals surface area contributed by atoms with Crippen molar-refractivity contribution >= 4 is 33.2 Å². The summed E-state index contributed by atoms with van der Waals surface area (Å²) < 4.78 is 39.3. The maximum atomic E-state index is 13.5. The Bertz CT molecular complexity index is 869. The highest BCUT2D eigenvalue weighted by molar-refractivity contribution is 7.89. The number of halogens is 2. The van der Waals surface area contributed by atoms with Gasteiger partial charge in [-0.05, 0) is 49.9 Å². The van der Waals surface area contributed by atoms with Crippen LogP contribution < -0.4 is 10.0 Å². The number of amides is 1. The molecule has 2 N–H and O–H groups in total. The second-order valence-electron chi connectivity index (χ2n) is 4.77. The van der Waals surface area contributed by atoms with E-state index in [1.165, 1.54) is 31.3 Å². The molecule has 0 saturated carbocycles. The normalized spacial score (nSPS) is 11.3. The van der Waals surface area contributed by atoms with Crippen LogP contribution in [-0.4, -0.2) is 21.4 Å². The smallest absolute Gasteiger partial charge is 0.255 e. The maximum absolute atomic E-state index is 13.5. The summed E-state index contributed by atoms with van der Waals surface area (Å²) in [6, 6.07) is 8.14. The minimum Gasteiger partial charge on any atom is -0.322 e. The Kier molecular flexibility index (Phi) is 5.03. The highest BCUT2D eigenvalue weighted by Crippen LogP contribution is 2.23. The first-order valence-electron chi connectivity index (χ1n) is 6.55. The second kappa shape index (κ2) is 6.66. The Hall–Kier alpha value is -1.96. The highest BCUT2D eigenvalue weighted by atomic mass is 35.5. The SMILES string of the molecule is CNS(=O)(=O)c1cc(C(=O)Nc2ccc(C)c(F)c2)ccc1Cl. The minimum atomic E-state index is -3.79. The number of carbonyl (C=O) groups is 1. The number of rotatable bonds is 4. The Balaban J connectivity index is 2.33. The lowest BCUT2D eigenvalue weighted by atomic mass is 10.2. The quantitative estimate of drug-likeness (QED) is 0.884. The fourth-order valence-corrected chi connectivity index (χ4v) is 3.08. The molecular formula is C15H14ClFN2O3S. The van der Waals surface area contributed by atoms with Crippen molar-refractivity contribution in [3.63, 3.8) is 0 Å². The van der Waals surface area contributed by atoms with Crippen LogP contribution in [0.3, 0.4) is 0 Å². The Morgan fingerprint density at radius 2 is 1.87 bits per heavy atom. The molecule has 2 rings (SSSR count). The molecule has 1 amide bonds. The van der Waals surface area contributed by atoms with Crippen LogP contribution in [0.5, 0.6) is 0 Å². The van der Waals surface area contributed by atoms with Crippen LogP contribution in [-0.2, 0) is 10.0 Å². The van der Waals surface area contributed by atoms with Crippen LogP contribution in [0.1, 0.15) is 15.9 Å². The van der Waals surface area contributed by atoms with Gasteiger partial charge in [-0.2, -0.15) is 0 Å². The van der Waals surface area contributed by atoms with E-state index in [-0.39, 0.29) is 21.2 Å². The summed E-state index contributed by atoms with van der Waals surface area (Å²) in [4.78, 5) is 12.0. The third-order valence-corrected chi connectivity index (χ3v) is 5.08. The molecule has 0 atom stereocenters. The van der Waals surface area contributed by atoms with E-state index in [1.54, 1.807) is 13.0 Å². The van der Waals surface area contributed by atoms with E-state index in [0.29, 0.717) is 5.56 Å². The van der Waals surface area contributed by atoms with Crippen molar-refractivity contribution in [1.82, 2.24) is 4.72 Å². The van der Waals surface area contributed by atoms with Crippen molar-refractivity contribution in [3.05, 3.63) is 58.4 Å². The molecule has 2 aromatic carbocycles. The Labute approximate surface area is 138 Å². The molecule has 0 bridgehead atoms. The van der Waals surface area contributed by atoms with Crippen molar-refractivity contribution in [2.75, 3.05) is 12.4 Å². The largest absolute Gasteiger partial charge is 0.322 e. The predicted octanol–water partition coefficient (Wildman–Crippen LogP) is 2.95. The zero-order chi connectivity index (χ0) is 17.2. The molecule has 0 fully saturated rings. The molecule has 0 saturated heterocycles. The monoisotopic (exact) mass is 356 g/mol. The van der Waals surface area contributed by atoms with Gasteiger partial charge in [0.25, 0.3) is 5.91 Å². The van der Waals surface area contributed by atoms with Crippen LogP contribution >= 0.6 is 11.6 Å². The number of anilines is 1. The average Bonchev–Trinajstić information content (AvgIpc) is 2.51. The number of sulfonamides is 1. The Morgan fingerprint density at radius 3 is 2.48 bits per heavy atom. The molecule has 0 spiro atoms. The summed E-state index contributed by atoms with van der Waals surface area (Å²) in [6.07, 6.45) is 0. The first-order chi connectivity index (χ1) is 10.7. The standard InChI is InChI=1S/C15H14ClFN2O3S/c1-9-3-5-11(8-13(9)17)19-15(20)10-4-6-12(16)14(7-10)23(21,22)18-2/h3-8,18H,1-2H3,(H,19,20). The van der Waals surface area contributed by atoms with Gasteiger partial charge in [0.05, 0.1) is 5.02 Å². The molecule has 0 aliphatic rings. The molecule has 0 aliphatic carbocycles. The predicted molar refractivity (Wildman–Crippen MR) is 86.8 cm³/mol. The topological polar surface area (TPSA) is 75.3 Å². The van der Waals surface area contributed by atoms with E-state index < -0.39 is 21.7 Å². The first-order valence-corrected chi connectivity index (χ1v) is 8.41. The molecule has 2 aromatic rings. The van der Waals surface area contributed by atoms with E-state index in [1.807, 2.05) is 0 Å². The van der Waals surface area contributed by atoms with Crippen molar-refractivity contribution in [2.45, 2.75) is 11.8 Å². The molecule has 0 unspecified atom stereocenters. The lowest BCUT2D eigenvalue weighted by molar-refractivity contribution is 0.102. The summed E-state index contributed by atoms with van der Waals surface area (Å²) in [6.45, 7) is 1.61. The number of aryl methyl sites for hydroxylation is 1. The average molecular weight is 357 g/mol. The number of hydrogen-bond acceptors (Lipinski definition) is 3. The minimum absolute atomic E-state index is 0.00252. The molecule has 0 heterocycles. The molecule has 0 aromatic heterocycles. The van der Waals surface area contributed by atoms with Crippen LogP contribution in [0.15, 0.2) is 41.3 Å². The van der Waals surface area contributed by atoms with Gasteiger partial charge in [0, 0.05) is 11.3 Å². The second-order valence-corrected chi connectivity index (χ2v) is 7.03. The molecule has 0 radical (unpaired) electrons. The van der Waals surface area contributed by atoms with Crippen molar-refractivity contribution in [1.29, 1.82) is 0 Å². The number of benzene rings is 2. The van der Waals surface area contributed by atoms with E-state index in [9.17, 15) is 17.6 Å². The number of carbonyl (C=O) groups excluding carboxylic acids is 1. The van der Waals surface area contributed by atoms with Crippen molar-refractivity contribution < 1.29 is 17.6 Å². The summed E-state index contributed by atoms with van der Waals surface area (Å²) in [5, 5.41) is 2.50. The van der Waals surface area contributed by atoms with Gasteiger partial charge in [-0.1, -0.05) is 17.7 Å². The van der Waals surface area contributed by atoms with Crippen molar-refractivity contribution in [2.24, 2.45) is 0 Å². The molecule has 5 nitrogen and oxygen atoms in total. The van der Waals surface area contributed by atoms with Crippen LogP contribution in [0.25, 0.3) is 0 Å². The summed E-state index contributed by atoms with van der Waals surface area (Å²) >= 11 is 5.86. The van der Waals surface area contributed by atoms with Gasteiger partial charge in [0.1, 0.15) is 10.7 Å². The highest BCUT2D eigenvalue weighted by Gasteiger charge is 2.18. The third kappa shape index (κ3) is 3.87. The Morgan fingerprint density at radius 1 is 1.17 bits per heavy atom. The van der Waals surface area contributed by atoms with Crippen LogP contribution in [0.4, 0.5) is 10.1 Å². The van der Waals surface area contributed by atoms with Gasteiger partial charge in [-0.3, -0.25) is 4.79 Å². The maximum Gasteiger partial charge on any atom is 0.255 e. The number of hydrogen-bond donors (Lipinski definition) is 2. The van der Waals surface area contributed by atoms with Crippen LogP contribution in [0, 0.1) is 12.7 Å². The molecule has 0 aliphatic heterocycles. The summed E-state index contributed by atoms with van der Waals surface area (Å²) in [5.41, 5.74) is 0.812. The van der Waals surface area contributed by atoms with E-state index in [0.717, 1.165) is 6.07 Å². The zero-order valence-corrected chi connectivity index (χ0v) is 13.9. The van der Waals surface area contributed by atoms with Crippen molar-refractivity contribution in [3.8, 4) is 0 Å². The lowest BCUT2D eigenvalue weighted by Gasteiger charge is -2.09. The van der Waals surface area contributed by atoms with Gasteiger partial charge < -0.3 is 5.32 Å². The van der Waals surface area contributed by atoms with E-state index >= 15 is 0 Å². The molecule has 122 valence electrons. The molecule has 8 heteroatoms. The van der Waals surface area contributed by atoms with Gasteiger partial charge >= 0.3 is 0 Å². The van der Waals surface area contributed by atoms with Gasteiger partial charge in [-0.15, -0.1) is 0 Å². The first kappa shape index (κ1) is 17.4. The lowest BCUT2D eigenvalue weighted by Crippen LogP contribution is -2.20. The fourth-order valence-electron chi connectivity index (χ4n) is 1.83. The summed E-state index contributed by atoms with van der Waals surface area (Å²) in [5.74, 6) is -1.02. The molecule has 23 heavy (non-hydrogen) atoms. The fraction of sp³-hybridized carbons (Fsp3) is 0.133. The summed E-state index contributed by atoms with van der Waals surface area (Å²) in [7, 11) is -2.55. The van der Waals surface area contributed by atoms with Gasteiger partial charge in [0.2, 0.25) is 10.0 Å². The van der Waals surface area contributed by atoms with Crippen LogP contribution in [0.2, 0.25) is 5.02 Å². The van der Waals surface area contributed by atoms with E-state index in [4.69, 9.17) is 11.6 Å².